The summed E-state index contributed by atoms with van der Waals surface area (Å²) in [6, 6.07) is 0.820. The monoisotopic (exact) mass is 378 g/mol. The van der Waals surface area contributed by atoms with E-state index in [1.165, 1.54) is 20.0 Å². The summed E-state index contributed by atoms with van der Waals surface area (Å²) in [7, 11) is 1.28. The van der Waals surface area contributed by atoms with Gasteiger partial charge in [-0.05, 0) is 37.8 Å². The Balaban J connectivity index is 3.05. The average Bonchev–Trinajstić information content (AvgIpc) is 2.63. The predicted octanol–water partition coefficient (Wildman–Crippen LogP) is 3.36. The van der Waals surface area contributed by atoms with E-state index in [4.69, 9.17) is 4.74 Å². The molecule has 1 heterocycles. The first-order valence-corrected chi connectivity index (χ1v) is 9.84. The molecule has 0 bridgehead atoms. The first kappa shape index (κ1) is 22.9. The Morgan fingerprint density at radius 3 is 2.33 bits per heavy atom. The van der Waals surface area contributed by atoms with Crippen LogP contribution in [0.15, 0.2) is 10.9 Å². The van der Waals surface area contributed by atoms with Gasteiger partial charge in [-0.15, -0.1) is 0 Å². The third-order valence-corrected chi connectivity index (χ3v) is 4.95. The molecule has 0 saturated carbocycles. The largest absolute Gasteiger partial charge is 0.467 e. The van der Waals surface area contributed by atoms with Crippen molar-refractivity contribution in [1.29, 1.82) is 0 Å². The molecule has 1 aromatic rings. The number of amides is 1. The van der Waals surface area contributed by atoms with E-state index in [0.29, 0.717) is 6.54 Å². The highest BCUT2D eigenvalue weighted by Gasteiger charge is 2.27. The predicted molar refractivity (Wildman–Crippen MR) is 107 cm³/mol. The molecule has 0 radical (unpaired) electrons. The number of rotatable bonds is 10. The van der Waals surface area contributed by atoms with Crippen molar-refractivity contribution in [2.45, 2.75) is 79.3 Å². The minimum atomic E-state index is -0.786. The van der Waals surface area contributed by atoms with Gasteiger partial charge in [0, 0.05) is 12.2 Å². The summed E-state index contributed by atoms with van der Waals surface area (Å²) in [6.45, 7) is 10.2. The van der Waals surface area contributed by atoms with Gasteiger partial charge in [0.2, 0.25) is 0 Å². The molecule has 1 amide bonds. The lowest BCUT2D eigenvalue weighted by atomic mass is 10.0. The van der Waals surface area contributed by atoms with Crippen LogP contribution in [-0.2, 0) is 16.1 Å². The molecule has 27 heavy (non-hydrogen) atoms. The van der Waals surface area contributed by atoms with Crippen LogP contribution in [0.5, 0.6) is 0 Å². The Hall–Kier alpha value is -2.11. The van der Waals surface area contributed by atoms with Crippen LogP contribution in [0, 0.1) is 19.8 Å². The van der Waals surface area contributed by atoms with Crippen LogP contribution in [0.1, 0.15) is 74.5 Å². The zero-order valence-corrected chi connectivity index (χ0v) is 17.6. The average molecular weight is 379 g/mol. The summed E-state index contributed by atoms with van der Waals surface area (Å²) < 4.78 is 6.43. The van der Waals surface area contributed by atoms with Crippen molar-refractivity contribution < 1.29 is 14.3 Å². The van der Waals surface area contributed by atoms with Gasteiger partial charge in [-0.25, -0.2) is 4.79 Å². The van der Waals surface area contributed by atoms with Crippen molar-refractivity contribution in [1.82, 2.24) is 9.88 Å². The van der Waals surface area contributed by atoms with Gasteiger partial charge >= 0.3 is 5.97 Å². The van der Waals surface area contributed by atoms with Crippen LogP contribution in [0.3, 0.4) is 0 Å². The second kappa shape index (κ2) is 10.9. The number of pyridine rings is 1. The molecule has 152 valence electrons. The van der Waals surface area contributed by atoms with Crippen molar-refractivity contribution >= 4 is 11.9 Å². The highest BCUT2D eigenvalue weighted by atomic mass is 16.5. The van der Waals surface area contributed by atoms with Crippen molar-refractivity contribution in [3.8, 4) is 0 Å². The fourth-order valence-electron chi connectivity index (χ4n) is 3.04. The van der Waals surface area contributed by atoms with Gasteiger partial charge < -0.3 is 14.6 Å². The van der Waals surface area contributed by atoms with Crippen LogP contribution in [-0.4, -0.2) is 29.6 Å². The molecule has 1 unspecified atom stereocenters. The standard InChI is InChI=1S/C21H34N2O4/c1-7-8-9-10-11-12-23-16(5)15(4)13-17(20(23)25)19(24)22-18(14(2)3)21(26)27-6/h13-14,18H,7-12H2,1-6H3,(H,22,24). The number of ether oxygens (including phenoxy) is 1. The number of nitrogens with zero attached hydrogens (tertiary/aromatic N) is 1. The van der Waals surface area contributed by atoms with E-state index in [1.54, 1.807) is 10.6 Å². The van der Waals surface area contributed by atoms with Gasteiger partial charge in [0.05, 0.1) is 7.11 Å². The lowest BCUT2D eigenvalue weighted by Gasteiger charge is -2.20. The van der Waals surface area contributed by atoms with Crippen molar-refractivity contribution in [2.75, 3.05) is 7.11 Å². The van der Waals surface area contributed by atoms with E-state index in [-0.39, 0.29) is 17.0 Å². The first-order chi connectivity index (χ1) is 12.7. The fraction of sp³-hybridized carbons (Fsp3) is 0.667. The van der Waals surface area contributed by atoms with Crippen LogP contribution < -0.4 is 10.9 Å². The van der Waals surface area contributed by atoms with Crippen molar-refractivity contribution in [3.63, 3.8) is 0 Å². The second-order valence-electron chi connectivity index (χ2n) is 7.42. The number of carbonyl (C=O) groups is 2. The maximum absolute atomic E-state index is 12.9. The molecule has 0 aromatic carbocycles. The number of unbranched alkanes of at least 4 members (excludes halogenated alkanes) is 4. The molecule has 6 heteroatoms. The molecule has 1 N–H and O–H groups in total. The maximum atomic E-state index is 12.9. The molecule has 0 aliphatic carbocycles. The second-order valence-corrected chi connectivity index (χ2v) is 7.42. The SMILES string of the molecule is CCCCCCCn1c(C)c(C)cc(C(=O)NC(C(=O)OC)C(C)C)c1=O. The van der Waals surface area contributed by atoms with E-state index in [1.807, 2.05) is 27.7 Å². The van der Waals surface area contributed by atoms with Crippen molar-refractivity contribution in [2.24, 2.45) is 5.92 Å². The van der Waals surface area contributed by atoms with Gasteiger partial charge in [-0.2, -0.15) is 0 Å². The highest BCUT2D eigenvalue weighted by Crippen LogP contribution is 2.11. The summed E-state index contributed by atoms with van der Waals surface area (Å²) in [5.74, 6) is -1.20. The van der Waals surface area contributed by atoms with Crippen LogP contribution in [0.2, 0.25) is 0 Å². The van der Waals surface area contributed by atoms with Crippen LogP contribution >= 0.6 is 0 Å². The Morgan fingerprint density at radius 2 is 1.78 bits per heavy atom. The number of esters is 1. The van der Waals surface area contributed by atoms with E-state index in [0.717, 1.165) is 30.5 Å². The fourth-order valence-corrected chi connectivity index (χ4v) is 3.04. The summed E-state index contributed by atoms with van der Waals surface area (Å²) in [5, 5.41) is 2.66. The number of methoxy groups -OCH3 is 1. The number of nitrogens with one attached hydrogen (secondary N) is 1. The molecule has 1 aromatic heterocycles. The number of aryl methyl sites for hydroxylation is 1. The number of aromatic nitrogens is 1. The molecule has 6 nitrogen and oxygen atoms in total. The normalized spacial score (nSPS) is 12.1. The summed E-state index contributed by atoms with van der Waals surface area (Å²) in [4.78, 5) is 37.5. The van der Waals surface area contributed by atoms with E-state index < -0.39 is 17.9 Å². The number of hydrogen-bond acceptors (Lipinski definition) is 4. The third kappa shape index (κ3) is 6.22. The van der Waals surface area contributed by atoms with E-state index >= 15 is 0 Å². The highest BCUT2D eigenvalue weighted by molar-refractivity contribution is 5.96. The summed E-state index contributed by atoms with van der Waals surface area (Å²) in [6.07, 6.45) is 5.48. The van der Waals surface area contributed by atoms with Crippen LogP contribution in [0.25, 0.3) is 0 Å². The number of carbonyl (C=O) groups excluding carboxylic acids is 2. The lowest BCUT2D eigenvalue weighted by Crippen LogP contribution is -2.46. The Kier molecular flexibility index (Phi) is 9.26. The summed E-state index contributed by atoms with van der Waals surface area (Å²) in [5.41, 5.74) is 1.52. The van der Waals surface area contributed by atoms with Gasteiger partial charge in [0.1, 0.15) is 11.6 Å². The molecule has 0 aliphatic rings. The molecule has 1 atom stereocenters. The first-order valence-electron chi connectivity index (χ1n) is 9.84. The minimum Gasteiger partial charge on any atom is -0.467 e. The molecule has 0 aliphatic heterocycles. The Bertz CT molecular complexity index is 707. The van der Waals surface area contributed by atoms with E-state index in [2.05, 4.69) is 12.2 Å². The van der Waals surface area contributed by atoms with Gasteiger partial charge in [0.15, 0.2) is 0 Å². The van der Waals surface area contributed by atoms with Gasteiger partial charge in [-0.1, -0.05) is 46.5 Å². The molecule has 0 saturated heterocycles. The smallest absolute Gasteiger partial charge is 0.328 e. The lowest BCUT2D eigenvalue weighted by molar-refractivity contribution is -0.144. The van der Waals surface area contributed by atoms with E-state index in [9.17, 15) is 14.4 Å². The topological polar surface area (TPSA) is 77.4 Å². The quantitative estimate of drug-likeness (QED) is 0.500. The minimum absolute atomic E-state index is 0.0706. The molecule has 1 rings (SSSR count). The maximum Gasteiger partial charge on any atom is 0.328 e. The number of hydrogen-bond donors (Lipinski definition) is 1. The molecule has 0 fully saturated rings. The molecular formula is C21H34N2O4. The Labute approximate surface area is 162 Å². The summed E-state index contributed by atoms with van der Waals surface area (Å²) >= 11 is 0. The zero-order chi connectivity index (χ0) is 20.6. The van der Waals surface area contributed by atoms with Crippen molar-refractivity contribution in [3.05, 3.63) is 33.2 Å². The molecule has 0 spiro atoms. The third-order valence-electron chi connectivity index (χ3n) is 4.95. The van der Waals surface area contributed by atoms with Gasteiger partial charge in [0.25, 0.3) is 11.5 Å². The van der Waals surface area contributed by atoms with Gasteiger partial charge in [-0.3, -0.25) is 9.59 Å². The Morgan fingerprint density at radius 1 is 1.15 bits per heavy atom. The molecular weight excluding hydrogens is 344 g/mol. The zero-order valence-electron chi connectivity index (χ0n) is 17.6. The van der Waals surface area contributed by atoms with Crippen LogP contribution in [0.4, 0.5) is 0 Å².